The Morgan fingerprint density at radius 2 is 2.12 bits per heavy atom. The van der Waals surface area contributed by atoms with Gasteiger partial charge in [-0.15, -0.1) is 0 Å². The van der Waals surface area contributed by atoms with Gasteiger partial charge in [-0.2, -0.15) is 0 Å². The van der Waals surface area contributed by atoms with E-state index in [0.717, 1.165) is 40.6 Å². The van der Waals surface area contributed by atoms with Crippen molar-refractivity contribution in [3.8, 4) is 0 Å². The Morgan fingerprint density at radius 3 is 2.94 bits per heavy atom. The maximum absolute atomic E-state index is 6.40. The van der Waals surface area contributed by atoms with Gasteiger partial charge < -0.3 is 9.88 Å². The largest absolute Gasteiger partial charge is 0.340 e. The molecule has 0 amide bonds. The summed E-state index contributed by atoms with van der Waals surface area (Å²) in [6.07, 6.45) is 0. The summed E-state index contributed by atoms with van der Waals surface area (Å²) in [4.78, 5) is 0. The van der Waals surface area contributed by atoms with Gasteiger partial charge in [0.2, 0.25) is 0 Å². The van der Waals surface area contributed by atoms with Crippen LogP contribution in [-0.2, 0) is 13.1 Å². The number of rotatable bonds is 0. The highest BCUT2D eigenvalue weighted by atomic mass is 35.5. The number of hydrogen-bond acceptors (Lipinski definition) is 1. The number of aryl methyl sites for hydroxylation is 1. The Hall–Kier alpha value is -0.700. The number of nitrogens with one attached hydrogen (secondary N) is 1. The van der Waals surface area contributed by atoms with E-state index in [2.05, 4.69) is 16.8 Å². The third kappa shape index (κ3) is 1.30. The first kappa shape index (κ1) is 10.5. The first-order valence-corrected chi connectivity index (χ1v) is 6.12. The fourth-order valence-electron chi connectivity index (χ4n) is 2.43. The highest BCUT2D eigenvalue weighted by Gasteiger charge is 2.20. The second-order valence-corrected chi connectivity index (χ2v) is 4.94. The molecule has 2 heterocycles. The Kier molecular flexibility index (Phi) is 2.39. The van der Waals surface area contributed by atoms with Crippen molar-refractivity contribution in [1.29, 1.82) is 0 Å². The average Bonchev–Trinajstić information content (AvgIpc) is 2.59. The molecule has 4 heteroatoms. The zero-order valence-corrected chi connectivity index (χ0v) is 10.5. The standard InChI is InChI=1S/C12H12Cl2N2/c1-7-9(13)3-2-8-11(14)10-6-15-4-5-16(10)12(7)8/h2-3,15H,4-6H2,1H3. The maximum Gasteiger partial charge on any atom is 0.0707 e. The number of fused-ring (bicyclic) bond motifs is 3. The highest BCUT2D eigenvalue weighted by Crippen LogP contribution is 2.36. The smallest absolute Gasteiger partial charge is 0.0707 e. The number of aromatic nitrogens is 1. The normalized spacial score (nSPS) is 15.4. The van der Waals surface area contributed by atoms with Gasteiger partial charge in [0.15, 0.2) is 0 Å². The molecule has 0 atom stereocenters. The highest BCUT2D eigenvalue weighted by molar-refractivity contribution is 6.37. The number of halogens is 2. The van der Waals surface area contributed by atoms with Crippen molar-refractivity contribution < 1.29 is 0 Å². The molecule has 0 saturated heterocycles. The molecule has 1 aromatic carbocycles. The second kappa shape index (κ2) is 3.66. The van der Waals surface area contributed by atoms with Crippen molar-refractivity contribution in [3.63, 3.8) is 0 Å². The van der Waals surface area contributed by atoms with Crippen molar-refractivity contribution in [1.82, 2.24) is 9.88 Å². The summed E-state index contributed by atoms with van der Waals surface area (Å²) in [5, 5.41) is 6.12. The fourth-order valence-corrected chi connectivity index (χ4v) is 2.90. The van der Waals surface area contributed by atoms with Crippen molar-refractivity contribution in [2.24, 2.45) is 0 Å². The van der Waals surface area contributed by atoms with Crippen LogP contribution in [0.2, 0.25) is 10.0 Å². The van der Waals surface area contributed by atoms with Crippen LogP contribution in [0.25, 0.3) is 10.9 Å². The van der Waals surface area contributed by atoms with Crippen molar-refractivity contribution in [3.05, 3.63) is 33.4 Å². The predicted molar refractivity (Wildman–Crippen MR) is 68.4 cm³/mol. The summed E-state index contributed by atoms with van der Waals surface area (Å²) in [5.74, 6) is 0. The second-order valence-electron chi connectivity index (χ2n) is 4.16. The quantitative estimate of drug-likeness (QED) is 0.763. The van der Waals surface area contributed by atoms with Gasteiger partial charge in [0.05, 0.1) is 16.2 Å². The molecule has 0 unspecified atom stereocenters. The van der Waals surface area contributed by atoms with E-state index in [1.54, 1.807) is 0 Å². The SMILES string of the molecule is Cc1c(Cl)ccc2c(Cl)c3n(c12)CCNC3. The molecule has 1 aliphatic rings. The molecule has 0 fully saturated rings. The van der Waals surface area contributed by atoms with Crippen LogP contribution in [-0.4, -0.2) is 11.1 Å². The van der Waals surface area contributed by atoms with E-state index in [4.69, 9.17) is 23.2 Å². The van der Waals surface area contributed by atoms with Gasteiger partial charge in [0.25, 0.3) is 0 Å². The van der Waals surface area contributed by atoms with Crippen LogP contribution in [0.4, 0.5) is 0 Å². The zero-order chi connectivity index (χ0) is 11.3. The first-order valence-electron chi connectivity index (χ1n) is 5.36. The van der Waals surface area contributed by atoms with E-state index in [9.17, 15) is 0 Å². The lowest BCUT2D eigenvalue weighted by Gasteiger charge is -2.18. The lowest BCUT2D eigenvalue weighted by molar-refractivity contribution is 0.526. The first-order chi connectivity index (χ1) is 7.70. The van der Waals surface area contributed by atoms with Gasteiger partial charge in [0.1, 0.15) is 0 Å². The summed E-state index contributed by atoms with van der Waals surface area (Å²) in [6, 6.07) is 3.93. The van der Waals surface area contributed by atoms with Crippen molar-refractivity contribution in [2.75, 3.05) is 6.54 Å². The molecular weight excluding hydrogens is 243 g/mol. The maximum atomic E-state index is 6.40. The van der Waals surface area contributed by atoms with Gasteiger partial charge in [0, 0.05) is 30.0 Å². The van der Waals surface area contributed by atoms with E-state index >= 15 is 0 Å². The molecular formula is C12H12Cl2N2. The minimum absolute atomic E-state index is 0.808. The lowest BCUT2D eigenvalue weighted by Crippen LogP contribution is -2.27. The van der Waals surface area contributed by atoms with Crippen LogP contribution in [0.5, 0.6) is 0 Å². The van der Waals surface area contributed by atoms with Crippen LogP contribution in [0, 0.1) is 6.92 Å². The zero-order valence-electron chi connectivity index (χ0n) is 8.98. The van der Waals surface area contributed by atoms with Crippen molar-refractivity contribution >= 4 is 34.1 Å². The summed E-state index contributed by atoms with van der Waals surface area (Å²) in [6.45, 7) is 4.83. The molecule has 3 rings (SSSR count). The molecule has 84 valence electrons. The Bertz CT molecular complexity index is 572. The van der Waals surface area contributed by atoms with Gasteiger partial charge >= 0.3 is 0 Å². The third-order valence-electron chi connectivity index (χ3n) is 3.26. The van der Waals surface area contributed by atoms with Gasteiger partial charge in [-0.25, -0.2) is 0 Å². The minimum Gasteiger partial charge on any atom is -0.340 e. The summed E-state index contributed by atoms with van der Waals surface area (Å²) in [7, 11) is 0. The summed E-state index contributed by atoms with van der Waals surface area (Å²) >= 11 is 12.6. The molecule has 0 spiro atoms. The third-order valence-corrected chi connectivity index (χ3v) is 4.09. The van der Waals surface area contributed by atoms with Crippen LogP contribution in [0.3, 0.4) is 0 Å². The van der Waals surface area contributed by atoms with Gasteiger partial charge in [-0.05, 0) is 24.6 Å². The van der Waals surface area contributed by atoms with Crippen molar-refractivity contribution in [2.45, 2.75) is 20.0 Å². The number of hydrogen-bond donors (Lipinski definition) is 1. The molecule has 1 aliphatic heterocycles. The number of nitrogens with zero attached hydrogens (tertiary/aromatic N) is 1. The molecule has 16 heavy (non-hydrogen) atoms. The fraction of sp³-hybridized carbons (Fsp3) is 0.333. The van der Waals surface area contributed by atoms with E-state index in [-0.39, 0.29) is 0 Å². The van der Waals surface area contributed by atoms with E-state index in [1.807, 2.05) is 12.1 Å². The Balaban J connectivity index is 2.45. The predicted octanol–water partition coefficient (Wildman–Crippen LogP) is 3.36. The van der Waals surface area contributed by atoms with E-state index in [1.165, 1.54) is 11.2 Å². The van der Waals surface area contributed by atoms with Crippen LogP contribution >= 0.6 is 23.2 Å². The molecule has 0 aliphatic carbocycles. The van der Waals surface area contributed by atoms with E-state index in [0.29, 0.717) is 0 Å². The van der Waals surface area contributed by atoms with Crippen LogP contribution in [0.15, 0.2) is 12.1 Å². The molecule has 2 nitrogen and oxygen atoms in total. The molecule has 1 N–H and O–H groups in total. The molecule has 1 aromatic heterocycles. The lowest BCUT2D eigenvalue weighted by atomic mass is 10.1. The Morgan fingerprint density at radius 1 is 1.31 bits per heavy atom. The summed E-state index contributed by atoms with van der Waals surface area (Å²) < 4.78 is 2.29. The summed E-state index contributed by atoms with van der Waals surface area (Å²) in [5.41, 5.74) is 3.48. The van der Waals surface area contributed by atoms with E-state index < -0.39 is 0 Å². The van der Waals surface area contributed by atoms with Crippen LogP contribution in [0.1, 0.15) is 11.3 Å². The van der Waals surface area contributed by atoms with Gasteiger partial charge in [-0.1, -0.05) is 23.2 Å². The Labute approximate surface area is 104 Å². The van der Waals surface area contributed by atoms with Crippen LogP contribution < -0.4 is 5.32 Å². The topological polar surface area (TPSA) is 17.0 Å². The minimum atomic E-state index is 0.808. The van der Waals surface area contributed by atoms with Gasteiger partial charge in [-0.3, -0.25) is 0 Å². The molecule has 2 aromatic rings. The molecule has 0 bridgehead atoms. The molecule has 0 saturated carbocycles. The molecule has 0 radical (unpaired) electrons. The number of benzene rings is 1. The monoisotopic (exact) mass is 254 g/mol. The average molecular weight is 255 g/mol.